The number of nitrogens with one attached hydrogen (secondary N) is 1. The van der Waals surface area contributed by atoms with E-state index < -0.39 is 0 Å². The van der Waals surface area contributed by atoms with Crippen LogP contribution in [0.15, 0.2) is 60.7 Å². The number of hydrogen-bond donors (Lipinski definition) is 1. The molecule has 1 heterocycles. The summed E-state index contributed by atoms with van der Waals surface area (Å²) in [5.74, 6) is -0.250. The van der Waals surface area contributed by atoms with Crippen LogP contribution in [0.25, 0.3) is 0 Å². The summed E-state index contributed by atoms with van der Waals surface area (Å²) >= 11 is 18.1. The van der Waals surface area contributed by atoms with Gasteiger partial charge in [0.15, 0.2) is 0 Å². The fraction of sp³-hybridized carbons (Fsp3) is 0.174. The summed E-state index contributed by atoms with van der Waals surface area (Å²) in [5.41, 5.74) is 4.84. The minimum Gasteiger partial charge on any atom is -0.367 e. The van der Waals surface area contributed by atoms with E-state index in [1.807, 2.05) is 24.3 Å². The first kappa shape index (κ1) is 20.1. The van der Waals surface area contributed by atoms with E-state index in [-0.39, 0.29) is 5.91 Å². The molecule has 4 rings (SSSR count). The Hall–Kier alpha value is -2.20. The van der Waals surface area contributed by atoms with Gasteiger partial charge in [0, 0.05) is 24.3 Å². The van der Waals surface area contributed by atoms with Gasteiger partial charge < -0.3 is 10.2 Å². The Labute approximate surface area is 185 Å². The van der Waals surface area contributed by atoms with E-state index in [0.29, 0.717) is 26.3 Å². The first-order valence-electron chi connectivity index (χ1n) is 9.39. The Morgan fingerprint density at radius 1 is 0.931 bits per heavy atom. The lowest BCUT2D eigenvalue weighted by atomic mass is 10.0. The van der Waals surface area contributed by atoms with E-state index in [4.69, 9.17) is 34.8 Å². The highest BCUT2D eigenvalue weighted by Crippen LogP contribution is 2.32. The van der Waals surface area contributed by atoms with Crippen LogP contribution in [-0.2, 0) is 13.0 Å². The van der Waals surface area contributed by atoms with Crippen LogP contribution in [0, 0.1) is 0 Å². The molecule has 3 aromatic carbocycles. The van der Waals surface area contributed by atoms with Crippen molar-refractivity contribution in [2.24, 2.45) is 0 Å². The minimum absolute atomic E-state index is 0.250. The van der Waals surface area contributed by atoms with Crippen LogP contribution in [0.4, 0.5) is 11.4 Å². The van der Waals surface area contributed by atoms with Gasteiger partial charge in [-0.15, -0.1) is 0 Å². The molecule has 1 N–H and O–H groups in total. The second kappa shape index (κ2) is 8.66. The van der Waals surface area contributed by atoms with Crippen molar-refractivity contribution in [3.63, 3.8) is 0 Å². The number of para-hydroxylation sites is 1. The quantitative estimate of drug-likeness (QED) is 0.445. The summed E-state index contributed by atoms with van der Waals surface area (Å²) in [4.78, 5) is 15.0. The van der Waals surface area contributed by atoms with Gasteiger partial charge in [-0.25, -0.2) is 0 Å². The molecule has 29 heavy (non-hydrogen) atoms. The summed E-state index contributed by atoms with van der Waals surface area (Å²) < 4.78 is 0. The van der Waals surface area contributed by atoms with Crippen LogP contribution in [0.1, 0.15) is 27.9 Å². The van der Waals surface area contributed by atoms with E-state index in [0.717, 1.165) is 31.5 Å². The lowest BCUT2D eigenvalue weighted by molar-refractivity contribution is 0.102. The van der Waals surface area contributed by atoms with E-state index in [1.54, 1.807) is 6.07 Å². The van der Waals surface area contributed by atoms with Gasteiger partial charge in [0.2, 0.25) is 0 Å². The predicted molar refractivity (Wildman–Crippen MR) is 122 cm³/mol. The average molecular weight is 446 g/mol. The van der Waals surface area contributed by atoms with Gasteiger partial charge in [0.05, 0.1) is 20.8 Å². The molecule has 0 spiro atoms. The first-order chi connectivity index (χ1) is 14.0. The molecule has 0 aliphatic carbocycles. The zero-order chi connectivity index (χ0) is 20.4. The van der Waals surface area contributed by atoms with Crippen LogP contribution in [0.3, 0.4) is 0 Å². The molecule has 0 unspecified atom stereocenters. The predicted octanol–water partition coefficient (Wildman–Crippen LogP) is 6.85. The number of nitrogens with zero attached hydrogens (tertiary/aromatic N) is 1. The van der Waals surface area contributed by atoms with Gasteiger partial charge in [-0.05, 0) is 54.3 Å². The number of anilines is 2. The molecule has 6 heteroatoms. The smallest absolute Gasteiger partial charge is 0.255 e. The molecule has 1 amide bonds. The van der Waals surface area contributed by atoms with E-state index in [1.165, 1.54) is 17.3 Å². The minimum atomic E-state index is -0.250. The zero-order valence-electron chi connectivity index (χ0n) is 15.6. The standard InChI is InChI=1S/C23H19Cl3N2O/c24-18-12-20(26)21(13-19(18)25)27-23(29)17-9-7-15(8-10-17)14-28-11-3-5-16-4-1-2-6-22(16)28/h1-2,4,6-10,12-13H,3,5,11,14H2,(H,27,29). The van der Waals surface area contributed by atoms with Gasteiger partial charge in [-0.2, -0.15) is 0 Å². The third-order valence-electron chi connectivity index (χ3n) is 5.05. The van der Waals surface area contributed by atoms with Crippen molar-refractivity contribution in [2.45, 2.75) is 19.4 Å². The fourth-order valence-electron chi connectivity index (χ4n) is 3.57. The molecule has 0 fully saturated rings. The molecule has 1 aliphatic rings. The van der Waals surface area contributed by atoms with Crippen LogP contribution >= 0.6 is 34.8 Å². The molecular weight excluding hydrogens is 427 g/mol. The molecule has 0 bridgehead atoms. The lowest BCUT2D eigenvalue weighted by Crippen LogP contribution is -2.28. The number of halogens is 3. The molecule has 0 radical (unpaired) electrons. The van der Waals surface area contributed by atoms with Gasteiger partial charge in [-0.1, -0.05) is 65.1 Å². The topological polar surface area (TPSA) is 32.3 Å². The number of rotatable bonds is 4. The van der Waals surface area contributed by atoms with Crippen molar-refractivity contribution in [3.05, 3.63) is 92.4 Å². The maximum Gasteiger partial charge on any atom is 0.255 e. The number of carbonyl (C=O) groups is 1. The van der Waals surface area contributed by atoms with Crippen LogP contribution < -0.4 is 10.2 Å². The number of hydrogen-bond acceptors (Lipinski definition) is 2. The number of benzene rings is 3. The number of fused-ring (bicyclic) bond motifs is 1. The van der Waals surface area contributed by atoms with Gasteiger partial charge in [0.1, 0.15) is 0 Å². The maximum absolute atomic E-state index is 12.6. The van der Waals surface area contributed by atoms with Crippen molar-refractivity contribution in [3.8, 4) is 0 Å². The summed E-state index contributed by atoms with van der Waals surface area (Å²) in [6.07, 6.45) is 2.28. The number of aryl methyl sites for hydroxylation is 1. The van der Waals surface area contributed by atoms with Crippen molar-refractivity contribution in [1.82, 2.24) is 0 Å². The van der Waals surface area contributed by atoms with Crippen LogP contribution in [0.2, 0.25) is 15.1 Å². The Balaban J connectivity index is 1.46. The molecular formula is C23H19Cl3N2O. The normalized spacial score (nSPS) is 13.1. The van der Waals surface area contributed by atoms with Gasteiger partial charge in [-0.3, -0.25) is 4.79 Å². The molecule has 0 atom stereocenters. The SMILES string of the molecule is O=C(Nc1cc(Cl)c(Cl)cc1Cl)c1ccc(CN2CCCc3ccccc32)cc1. The molecule has 1 aliphatic heterocycles. The van der Waals surface area contributed by atoms with E-state index in [9.17, 15) is 4.79 Å². The first-order valence-corrected chi connectivity index (χ1v) is 10.5. The van der Waals surface area contributed by atoms with E-state index in [2.05, 4.69) is 34.5 Å². The second-order valence-corrected chi connectivity index (χ2v) is 8.27. The molecule has 0 aromatic heterocycles. The number of carbonyl (C=O) groups excluding carboxylic acids is 1. The highest BCUT2D eigenvalue weighted by molar-refractivity contribution is 6.44. The van der Waals surface area contributed by atoms with E-state index >= 15 is 0 Å². The highest BCUT2D eigenvalue weighted by atomic mass is 35.5. The summed E-state index contributed by atoms with van der Waals surface area (Å²) in [6, 6.07) is 19.2. The molecule has 148 valence electrons. The third-order valence-corrected chi connectivity index (χ3v) is 6.09. The lowest BCUT2D eigenvalue weighted by Gasteiger charge is -2.31. The van der Waals surface area contributed by atoms with Crippen molar-refractivity contribution < 1.29 is 4.79 Å². The maximum atomic E-state index is 12.6. The largest absolute Gasteiger partial charge is 0.367 e. The summed E-state index contributed by atoms with van der Waals surface area (Å²) in [5, 5.41) is 3.81. The second-order valence-electron chi connectivity index (χ2n) is 7.05. The average Bonchev–Trinajstić information content (AvgIpc) is 2.73. The Bertz CT molecular complexity index is 1050. The zero-order valence-corrected chi connectivity index (χ0v) is 17.9. The Morgan fingerprint density at radius 3 is 2.45 bits per heavy atom. The molecule has 3 nitrogen and oxygen atoms in total. The summed E-state index contributed by atoms with van der Waals surface area (Å²) in [6.45, 7) is 1.85. The summed E-state index contributed by atoms with van der Waals surface area (Å²) in [7, 11) is 0. The fourth-order valence-corrected chi connectivity index (χ4v) is 4.16. The monoisotopic (exact) mass is 444 g/mol. The number of amides is 1. The van der Waals surface area contributed by atoms with Crippen LogP contribution in [-0.4, -0.2) is 12.5 Å². The highest BCUT2D eigenvalue weighted by Gasteiger charge is 2.17. The van der Waals surface area contributed by atoms with Crippen LogP contribution in [0.5, 0.6) is 0 Å². The Morgan fingerprint density at radius 2 is 1.66 bits per heavy atom. The molecule has 0 saturated heterocycles. The molecule has 3 aromatic rings. The third kappa shape index (κ3) is 4.53. The van der Waals surface area contributed by atoms with Gasteiger partial charge >= 0.3 is 0 Å². The van der Waals surface area contributed by atoms with Crippen molar-refractivity contribution in [2.75, 3.05) is 16.8 Å². The molecule has 0 saturated carbocycles. The Kier molecular flexibility index (Phi) is 6.00. The van der Waals surface area contributed by atoms with Gasteiger partial charge in [0.25, 0.3) is 5.91 Å². The van der Waals surface area contributed by atoms with Crippen molar-refractivity contribution >= 4 is 52.1 Å². The van der Waals surface area contributed by atoms with Crippen molar-refractivity contribution in [1.29, 1.82) is 0 Å².